The average Bonchev–Trinajstić information content (AvgIpc) is 2.93. The highest BCUT2D eigenvalue weighted by Gasteiger charge is 2.40. The number of benzene rings is 1. The van der Waals surface area contributed by atoms with Crippen LogP contribution < -0.4 is 5.32 Å². The quantitative estimate of drug-likeness (QED) is 0.768. The zero-order valence-electron chi connectivity index (χ0n) is 10.8. The summed E-state index contributed by atoms with van der Waals surface area (Å²) in [6.45, 7) is 0.536. The van der Waals surface area contributed by atoms with Gasteiger partial charge in [0.2, 0.25) is 0 Å². The van der Waals surface area contributed by atoms with E-state index in [1.54, 1.807) is 0 Å². The smallest absolute Gasteiger partial charge is 0.307 e. The first-order valence-corrected chi connectivity index (χ1v) is 6.83. The number of carboxylic acid groups (broad SMARTS) is 1. The second-order valence-electron chi connectivity index (χ2n) is 5.88. The molecule has 0 bridgehead atoms. The molecule has 4 heteroatoms. The zero-order valence-corrected chi connectivity index (χ0v) is 10.8. The molecule has 2 atom stereocenters. The lowest BCUT2D eigenvalue weighted by Crippen LogP contribution is -2.17. The van der Waals surface area contributed by atoms with Gasteiger partial charge in [0.1, 0.15) is 0 Å². The van der Waals surface area contributed by atoms with E-state index >= 15 is 0 Å². The predicted octanol–water partition coefficient (Wildman–Crippen LogP) is 1.49. The van der Waals surface area contributed by atoms with Crippen LogP contribution in [0.2, 0.25) is 0 Å². The lowest BCUT2D eigenvalue weighted by molar-refractivity contribution is -0.141. The summed E-state index contributed by atoms with van der Waals surface area (Å²) in [6.07, 6.45) is 3.12. The number of hydrogen-bond acceptors (Lipinski definition) is 3. The van der Waals surface area contributed by atoms with Crippen molar-refractivity contribution in [3.05, 3.63) is 35.4 Å². The van der Waals surface area contributed by atoms with E-state index in [1.165, 1.54) is 0 Å². The van der Waals surface area contributed by atoms with Crippen molar-refractivity contribution in [2.75, 3.05) is 6.54 Å². The predicted molar refractivity (Wildman–Crippen MR) is 70.8 cm³/mol. The summed E-state index contributed by atoms with van der Waals surface area (Å²) in [5.41, 5.74) is 1.79. The molecule has 3 rings (SSSR count). The van der Waals surface area contributed by atoms with E-state index < -0.39 is 11.6 Å². The van der Waals surface area contributed by atoms with Crippen LogP contribution in [0.3, 0.4) is 0 Å². The van der Waals surface area contributed by atoms with Crippen molar-refractivity contribution in [2.24, 2.45) is 5.92 Å². The summed E-state index contributed by atoms with van der Waals surface area (Å²) in [5, 5.41) is 22.2. The molecule has 1 aliphatic carbocycles. The van der Waals surface area contributed by atoms with Gasteiger partial charge in [-0.25, -0.2) is 0 Å². The van der Waals surface area contributed by atoms with Gasteiger partial charge in [-0.2, -0.15) is 0 Å². The number of aliphatic hydroxyl groups is 1. The van der Waals surface area contributed by atoms with Crippen LogP contribution in [0.15, 0.2) is 24.3 Å². The highest BCUT2D eigenvalue weighted by Crippen LogP contribution is 2.38. The van der Waals surface area contributed by atoms with Gasteiger partial charge in [-0.1, -0.05) is 24.3 Å². The number of carboxylic acids is 1. The van der Waals surface area contributed by atoms with Crippen molar-refractivity contribution in [2.45, 2.75) is 37.3 Å². The van der Waals surface area contributed by atoms with Gasteiger partial charge >= 0.3 is 5.97 Å². The Morgan fingerprint density at radius 2 is 2.21 bits per heavy atom. The number of rotatable bonds is 4. The molecule has 19 heavy (non-hydrogen) atoms. The molecule has 1 saturated carbocycles. The molecule has 0 amide bonds. The summed E-state index contributed by atoms with van der Waals surface area (Å²) in [5.74, 6) is -1.01. The molecule has 0 radical (unpaired) electrons. The first-order valence-electron chi connectivity index (χ1n) is 6.83. The Balaban J connectivity index is 1.71. The first-order chi connectivity index (χ1) is 9.06. The van der Waals surface area contributed by atoms with Crippen molar-refractivity contribution in [3.63, 3.8) is 0 Å². The van der Waals surface area contributed by atoms with Gasteiger partial charge in [-0.05, 0) is 30.4 Å². The molecule has 4 nitrogen and oxygen atoms in total. The fraction of sp³-hybridized carbons (Fsp3) is 0.533. The fourth-order valence-corrected chi connectivity index (χ4v) is 2.80. The van der Waals surface area contributed by atoms with Crippen molar-refractivity contribution in [1.82, 2.24) is 5.32 Å². The lowest BCUT2D eigenvalue weighted by Gasteiger charge is -2.13. The number of hydrogen-bond donors (Lipinski definition) is 3. The van der Waals surface area contributed by atoms with Crippen LogP contribution in [0.25, 0.3) is 0 Å². The minimum Gasteiger partial charge on any atom is -0.481 e. The Labute approximate surface area is 112 Å². The number of nitrogens with one attached hydrogen (secondary N) is 1. The molecule has 0 aromatic heterocycles. The van der Waals surface area contributed by atoms with Gasteiger partial charge in [-0.15, -0.1) is 0 Å². The number of carbonyl (C=O) groups is 1. The topological polar surface area (TPSA) is 69.6 Å². The van der Waals surface area contributed by atoms with Crippen LogP contribution in [-0.4, -0.2) is 28.3 Å². The van der Waals surface area contributed by atoms with Gasteiger partial charge in [0.15, 0.2) is 0 Å². The molecule has 1 heterocycles. The third-order valence-corrected chi connectivity index (χ3v) is 4.19. The molecule has 0 spiro atoms. The average molecular weight is 261 g/mol. The van der Waals surface area contributed by atoms with E-state index in [9.17, 15) is 9.90 Å². The maximum atomic E-state index is 11.0. The van der Waals surface area contributed by atoms with E-state index in [4.69, 9.17) is 5.11 Å². The molecular weight excluding hydrogens is 242 g/mol. The van der Waals surface area contributed by atoms with Crippen molar-refractivity contribution in [1.29, 1.82) is 0 Å². The van der Waals surface area contributed by atoms with Crippen molar-refractivity contribution < 1.29 is 15.0 Å². The van der Waals surface area contributed by atoms with Crippen LogP contribution >= 0.6 is 0 Å². The van der Waals surface area contributed by atoms with E-state index in [-0.39, 0.29) is 12.0 Å². The van der Waals surface area contributed by atoms with Gasteiger partial charge in [0, 0.05) is 19.0 Å². The fourth-order valence-electron chi connectivity index (χ4n) is 2.80. The van der Waals surface area contributed by atoms with Crippen LogP contribution in [0.1, 0.15) is 36.4 Å². The monoisotopic (exact) mass is 261 g/mol. The highest BCUT2D eigenvalue weighted by molar-refractivity contribution is 5.70. The summed E-state index contributed by atoms with van der Waals surface area (Å²) in [4.78, 5) is 11.0. The van der Waals surface area contributed by atoms with Crippen LogP contribution in [0, 0.1) is 5.92 Å². The lowest BCUT2D eigenvalue weighted by atomic mass is 9.97. The summed E-state index contributed by atoms with van der Waals surface area (Å²) in [7, 11) is 0. The summed E-state index contributed by atoms with van der Waals surface area (Å²) < 4.78 is 0. The molecule has 1 aromatic rings. The number of aliphatic carboxylic acids is 1. The Morgan fingerprint density at radius 1 is 1.42 bits per heavy atom. The largest absolute Gasteiger partial charge is 0.481 e. The maximum Gasteiger partial charge on any atom is 0.307 e. The normalized spacial score (nSPS) is 28.3. The molecule has 2 fully saturated rings. The van der Waals surface area contributed by atoms with Crippen molar-refractivity contribution in [3.8, 4) is 0 Å². The highest BCUT2D eigenvalue weighted by atomic mass is 16.4. The maximum absolute atomic E-state index is 11.0. The molecule has 1 aromatic carbocycles. The van der Waals surface area contributed by atoms with E-state index in [2.05, 4.69) is 11.4 Å². The first kappa shape index (κ1) is 12.6. The van der Waals surface area contributed by atoms with E-state index in [0.29, 0.717) is 19.4 Å². The van der Waals surface area contributed by atoms with Gasteiger partial charge in [0.25, 0.3) is 0 Å². The molecule has 2 unspecified atom stereocenters. The van der Waals surface area contributed by atoms with E-state index in [0.717, 1.165) is 24.0 Å². The zero-order chi connectivity index (χ0) is 13.5. The minimum absolute atomic E-state index is 0.120. The second-order valence-corrected chi connectivity index (χ2v) is 5.88. The Morgan fingerprint density at radius 3 is 2.84 bits per heavy atom. The van der Waals surface area contributed by atoms with Crippen LogP contribution in [-0.2, 0) is 11.2 Å². The molecule has 2 aliphatic rings. The SMILES string of the molecule is O=C(O)C1CNC(c2cccc(CC3(O)CC3)c2)C1. The minimum atomic E-state index is -0.724. The molecule has 3 N–H and O–H groups in total. The molecule has 102 valence electrons. The standard InChI is InChI=1S/C15H19NO3/c17-14(18)12-7-13(16-9-12)11-3-1-2-10(6-11)8-15(19)4-5-15/h1-3,6,12-13,16,19H,4-5,7-9H2,(H,17,18). The third-order valence-electron chi connectivity index (χ3n) is 4.19. The summed E-state index contributed by atoms with van der Waals surface area (Å²) in [6, 6.07) is 8.27. The van der Waals surface area contributed by atoms with E-state index in [1.807, 2.05) is 18.2 Å². The van der Waals surface area contributed by atoms with Crippen molar-refractivity contribution >= 4 is 5.97 Å². The molecule has 1 saturated heterocycles. The van der Waals surface area contributed by atoms with Gasteiger partial charge in [-0.3, -0.25) is 4.79 Å². The van der Waals surface area contributed by atoms with Crippen LogP contribution in [0.4, 0.5) is 0 Å². The molecule has 1 aliphatic heterocycles. The van der Waals surface area contributed by atoms with Gasteiger partial charge < -0.3 is 15.5 Å². The Bertz CT molecular complexity index is 496. The third kappa shape index (κ3) is 2.80. The Kier molecular flexibility index (Phi) is 3.07. The Hall–Kier alpha value is -1.39. The van der Waals surface area contributed by atoms with Crippen LogP contribution in [0.5, 0.6) is 0 Å². The summed E-state index contributed by atoms with van der Waals surface area (Å²) >= 11 is 0. The second kappa shape index (κ2) is 4.62. The van der Waals surface area contributed by atoms with Gasteiger partial charge in [0.05, 0.1) is 11.5 Å². The molecular formula is C15H19NO3.